The lowest BCUT2D eigenvalue weighted by Gasteiger charge is -2.03. The van der Waals surface area contributed by atoms with E-state index in [0.29, 0.717) is 0 Å². The molecule has 0 atom stereocenters. The lowest BCUT2D eigenvalue weighted by Crippen LogP contribution is -2.18. The van der Waals surface area contributed by atoms with Gasteiger partial charge in [0.1, 0.15) is 0 Å². The highest BCUT2D eigenvalue weighted by Gasteiger charge is 1.97. The topological polar surface area (TPSA) is 24.9 Å². The van der Waals surface area contributed by atoms with Gasteiger partial charge in [-0.25, -0.2) is 4.98 Å². The fourth-order valence-electron chi connectivity index (χ4n) is 1.87. The molecule has 0 saturated carbocycles. The summed E-state index contributed by atoms with van der Waals surface area (Å²) >= 11 is 1.78. The second-order valence-corrected chi connectivity index (χ2v) is 5.59. The molecule has 0 amide bonds. The van der Waals surface area contributed by atoms with Crippen molar-refractivity contribution >= 4 is 11.3 Å². The van der Waals surface area contributed by atoms with Crippen molar-refractivity contribution < 1.29 is 0 Å². The fourth-order valence-corrected chi connectivity index (χ4v) is 2.64. The first-order chi connectivity index (χ1) is 8.33. The van der Waals surface area contributed by atoms with Gasteiger partial charge in [0.05, 0.1) is 5.01 Å². The maximum Gasteiger partial charge on any atom is 0.0940 e. The number of thiazole rings is 1. The van der Waals surface area contributed by atoms with Gasteiger partial charge in [0.15, 0.2) is 0 Å². The van der Waals surface area contributed by atoms with Crippen LogP contribution in [0.5, 0.6) is 0 Å². The highest BCUT2D eigenvalue weighted by molar-refractivity contribution is 7.09. The number of nitrogens with one attached hydrogen (secondary N) is 1. The second kappa shape index (κ2) is 9.60. The molecule has 1 heterocycles. The van der Waals surface area contributed by atoms with Gasteiger partial charge in [-0.3, -0.25) is 0 Å². The highest BCUT2D eigenvalue weighted by Crippen LogP contribution is 2.08. The Morgan fingerprint density at radius 1 is 1.12 bits per heavy atom. The van der Waals surface area contributed by atoms with Gasteiger partial charge < -0.3 is 5.32 Å². The minimum absolute atomic E-state index is 1.07. The number of aryl methyl sites for hydroxylation is 1. The van der Waals surface area contributed by atoms with E-state index in [1.807, 2.05) is 0 Å². The predicted octanol–water partition coefficient (Wildman–Crippen LogP) is 3.94. The van der Waals surface area contributed by atoms with E-state index in [-0.39, 0.29) is 0 Å². The smallest absolute Gasteiger partial charge is 0.0940 e. The van der Waals surface area contributed by atoms with E-state index in [2.05, 4.69) is 29.5 Å². The Morgan fingerprint density at radius 2 is 1.88 bits per heavy atom. The number of hydrogen-bond donors (Lipinski definition) is 1. The molecule has 0 aromatic carbocycles. The van der Waals surface area contributed by atoms with E-state index in [0.717, 1.165) is 25.2 Å². The Hall–Kier alpha value is -0.410. The summed E-state index contributed by atoms with van der Waals surface area (Å²) in [4.78, 5) is 4.46. The van der Waals surface area contributed by atoms with Crippen LogP contribution in [0.1, 0.15) is 56.2 Å². The predicted molar refractivity (Wildman–Crippen MR) is 76.8 cm³/mol. The van der Waals surface area contributed by atoms with Crippen molar-refractivity contribution in [2.24, 2.45) is 0 Å². The van der Waals surface area contributed by atoms with Crippen LogP contribution in [0.3, 0.4) is 0 Å². The minimum Gasteiger partial charge on any atom is -0.316 e. The number of aromatic nitrogens is 1. The van der Waals surface area contributed by atoms with Crippen molar-refractivity contribution in [2.45, 2.75) is 58.8 Å². The minimum atomic E-state index is 1.07. The molecule has 0 aliphatic carbocycles. The lowest BCUT2D eigenvalue weighted by atomic mass is 10.1. The van der Waals surface area contributed by atoms with E-state index >= 15 is 0 Å². The molecule has 0 bridgehead atoms. The Kier molecular flexibility index (Phi) is 8.28. The Labute approximate surface area is 110 Å². The second-order valence-electron chi connectivity index (χ2n) is 4.65. The Bertz CT molecular complexity index is 284. The first-order valence-electron chi connectivity index (χ1n) is 6.94. The van der Waals surface area contributed by atoms with Gasteiger partial charge >= 0.3 is 0 Å². The molecule has 0 aliphatic heterocycles. The van der Waals surface area contributed by atoms with Crippen LogP contribution in [0, 0.1) is 6.92 Å². The van der Waals surface area contributed by atoms with Crippen LogP contribution in [-0.4, -0.2) is 18.1 Å². The molecule has 0 aliphatic rings. The summed E-state index contributed by atoms with van der Waals surface area (Å²) in [6, 6.07) is 0. The summed E-state index contributed by atoms with van der Waals surface area (Å²) in [7, 11) is 0. The lowest BCUT2D eigenvalue weighted by molar-refractivity contribution is 0.572. The number of unbranched alkanes of at least 4 members (excludes halogenated alkanes) is 5. The molecule has 3 heteroatoms. The van der Waals surface area contributed by atoms with Gasteiger partial charge in [0, 0.05) is 24.0 Å². The van der Waals surface area contributed by atoms with Crippen molar-refractivity contribution in [3.8, 4) is 0 Å². The van der Waals surface area contributed by atoms with E-state index in [4.69, 9.17) is 0 Å². The normalized spacial score (nSPS) is 10.9. The third-order valence-electron chi connectivity index (χ3n) is 2.89. The van der Waals surface area contributed by atoms with Gasteiger partial charge in [-0.2, -0.15) is 0 Å². The van der Waals surface area contributed by atoms with E-state index < -0.39 is 0 Å². The summed E-state index contributed by atoms with van der Waals surface area (Å²) in [5.74, 6) is 0. The van der Waals surface area contributed by atoms with Gasteiger partial charge in [-0.15, -0.1) is 11.3 Å². The quantitative estimate of drug-likeness (QED) is 0.640. The maximum absolute atomic E-state index is 4.46. The average molecular weight is 254 g/mol. The van der Waals surface area contributed by atoms with Crippen molar-refractivity contribution in [3.05, 3.63) is 16.1 Å². The summed E-state index contributed by atoms with van der Waals surface area (Å²) in [5.41, 5.74) is 1.15. The van der Waals surface area contributed by atoms with Crippen LogP contribution in [0.4, 0.5) is 0 Å². The number of rotatable bonds is 10. The summed E-state index contributed by atoms with van der Waals surface area (Å²) in [6.07, 6.45) is 9.33. The molecule has 17 heavy (non-hydrogen) atoms. The zero-order chi connectivity index (χ0) is 12.3. The average Bonchev–Trinajstić information content (AvgIpc) is 2.73. The van der Waals surface area contributed by atoms with Crippen LogP contribution >= 0.6 is 11.3 Å². The molecule has 0 spiro atoms. The van der Waals surface area contributed by atoms with Crippen molar-refractivity contribution in [3.63, 3.8) is 0 Å². The van der Waals surface area contributed by atoms with Gasteiger partial charge in [-0.1, -0.05) is 39.0 Å². The van der Waals surface area contributed by atoms with Gasteiger partial charge in [0.25, 0.3) is 0 Å². The molecular formula is C14H26N2S. The van der Waals surface area contributed by atoms with Crippen LogP contribution in [0.25, 0.3) is 0 Å². The van der Waals surface area contributed by atoms with Crippen molar-refractivity contribution in [1.82, 2.24) is 10.3 Å². The third kappa shape index (κ3) is 7.50. The molecule has 0 saturated heterocycles. The molecule has 0 unspecified atom stereocenters. The molecule has 1 N–H and O–H groups in total. The van der Waals surface area contributed by atoms with Crippen molar-refractivity contribution in [2.75, 3.05) is 13.1 Å². The molecule has 2 nitrogen and oxygen atoms in total. The van der Waals surface area contributed by atoms with Gasteiger partial charge in [-0.05, 0) is 19.9 Å². The first kappa shape index (κ1) is 14.7. The Morgan fingerprint density at radius 3 is 2.59 bits per heavy atom. The van der Waals surface area contributed by atoms with E-state index in [1.165, 1.54) is 43.5 Å². The van der Waals surface area contributed by atoms with Crippen LogP contribution in [-0.2, 0) is 6.42 Å². The number of hydrogen-bond acceptors (Lipinski definition) is 3. The summed E-state index contributed by atoms with van der Waals surface area (Å²) in [5, 5.41) is 6.89. The molecule has 1 rings (SSSR count). The SMILES string of the molecule is CCCCCCCCNCCc1nc(C)cs1. The van der Waals surface area contributed by atoms with Crippen molar-refractivity contribution in [1.29, 1.82) is 0 Å². The third-order valence-corrected chi connectivity index (χ3v) is 3.92. The zero-order valence-corrected chi connectivity index (χ0v) is 12.1. The maximum atomic E-state index is 4.46. The van der Waals surface area contributed by atoms with Crippen LogP contribution < -0.4 is 5.32 Å². The highest BCUT2D eigenvalue weighted by atomic mass is 32.1. The fraction of sp³-hybridized carbons (Fsp3) is 0.786. The summed E-state index contributed by atoms with van der Waals surface area (Å²) < 4.78 is 0. The van der Waals surface area contributed by atoms with Crippen LogP contribution in [0.2, 0.25) is 0 Å². The monoisotopic (exact) mass is 254 g/mol. The van der Waals surface area contributed by atoms with E-state index in [1.54, 1.807) is 11.3 Å². The molecule has 0 fully saturated rings. The Balaban J connectivity index is 1.84. The molecular weight excluding hydrogens is 228 g/mol. The van der Waals surface area contributed by atoms with Crippen LogP contribution in [0.15, 0.2) is 5.38 Å². The zero-order valence-electron chi connectivity index (χ0n) is 11.3. The molecule has 1 aromatic rings. The van der Waals surface area contributed by atoms with E-state index in [9.17, 15) is 0 Å². The molecule has 98 valence electrons. The molecule has 0 radical (unpaired) electrons. The number of nitrogens with zero attached hydrogens (tertiary/aromatic N) is 1. The largest absolute Gasteiger partial charge is 0.316 e. The summed E-state index contributed by atoms with van der Waals surface area (Å²) in [6.45, 7) is 6.56. The first-order valence-corrected chi connectivity index (χ1v) is 7.82. The standard InChI is InChI=1S/C14H26N2S/c1-3-4-5-6-7-8-10-15-11-9-14-16-13(2)12-17-14/h12,15H,3-11H2,1-2H3. The molecule has 1 aromatic heterocycles. The van der Waals surface area contributed by atoms with Gasteiger partial charge in [0.2, 0.25) is 0 Å².